The van der Waals surface area contributed by atoms with Crippen LogP contribution in [-0.4, -0.2) is 4.98 Å². The third-order valence-corrected chi connectivity index (χ3v) is 4.48. The predicted octanol–water partition coefficient (Wildman–Crippen LogP) is 6.13. The van der Waals surface area contributed by atoms with Crippen LogP contribution in [0.25, 0.3) is 10.9 Å². The molecule has 0 radical (unpaired) electrons. The van der Waals surface area contributed by atoms with E-state index in [0.29, 0.717) is 22.4 Å². The van der Waals surface area contributed by atoms with Gasteiger partial charge in [-0.05, 0) is 42.2 Å². The van der Waals surface area contributed by atoms with Crippen LogP contribution in [0.1, 0.15) is 32.8 Å². The van der Waals surface area contributed by atoms with E-state index in [9.17, 15) is 13.2 Å². The first-order valence-corrected chi connectivity index (χ1v) is 8.04. The number of nitrogens with zero attached hydrogens (tertiary/aromatic N) is 1. The maximum absolute atomic E-state index is 14.4. The van der Waals surface area contributed by atoms with E-state index in [4.69, 9.17) is 4.74 Å². The molecule has 3 rings (SSSR count). The molecule has 0 aliphatic rings. The molecule has 0 N–H and O–H groups in total. The second-order valence-electron chi connectivity index (χ2n) is 6.56. The Kier molecular flexibility index (Phi) is 4.41. The second kappa shape index (κ2) is 6.39. The molecule has 1 heterocycles. The minimum absolute atomic E-state index is 0.0688. The maximum Gasteiger partial charge on any atom is 0.184 e. The third-order valence-electron chi connectivity index (χ3n) is 4.48. The first-order chi connectivity index (χ1) is 11.8. The van der Waals surface area contributed by atoms with Gasteiger partial charge in [0.15, 0.2) is 11.6 Å². The van der Waals surface area contributed by atoms with Gasteiger partial charge in [-0.25, -0.2) is 18.2 Å². The minimum Gasteiger partial charge on any atom is -0.455 e. The van der Waals surface area contributed by atoms with Crippen molar-refractivity contribution in [2.45, 2.75) is 32.6 Å². The Morgan fingerprint density at radius 1 is 1.04 bits per heavy atom. The van der Waals surface area contributed by atoms with Crippen molar-refractivity contribution in [3.05, 3.63) is 65.6 Å². The van der Waals surface area contributed by atoms with Gasteiger partial charge >= 0.3 is 0 Å². The second-order valence-corrected chi connectivity index (χ2v) is 6.56. The van der Waals surface area contributed by atoms with Crippen LogP contribution in [0.15, 0.2) is 42.6 Å². The molecule has 0 fully saturated rings. The molecule has 2 aromatic carbocycles. The van der Waals surface area contributed by atoms with E-state index in [-0.39, 0.29) is 11.3 Å². The normalized spacial score (nSPS) is 11.8. The van der Waals surface area contributed by atoms with Gasteiger partial charge in [-0.3, -0.25) is 0 Å². The molecular formula is C20H18F3NO. The van der Waals surface area contributed by atoms with Gasteiger partial charge in [-0.1, -0.05) is 26.8 Å². The van der Waals surface area contributed by atoms with E-state index in [1.807, 2.05) is 20.8 Å². The molecule has 0 amide bonds. The summed E-state index contributed by atoms with van der Waals surface area (Å²) in [6.45, 7) is 5.86. The lowest BCUT2D eigenvalue weighted by atomic mass is 9.81. The van der Waals surface area contributed by atoms with E-state index in [0.717, 1.165) is 12.5 Å². The molecule has 0 unspecified atom stereocenters. The zero-order valence-corrected chi connectivity index (χ0v) is 14.2. The fourth-order valence-electron chi connectivity index (χ4n) is 2.73. The molecule has 0 aliphatic carbocycles. The van der Waals surface area contributed by atoms with Crippen molar-refractivity contribution in [3.63, 3.8) is 0 Å². The van der Waals surface area contributed by atoms with Crippen LogP contribution >= 0.6 is 0 Å². The molecule has 25 heavy (non-hydrogen) atoms. The first-order valence-electron chi connectivity index (χ1n) is 8.04. The number of hydrogen-bond acceptors (Lipinski definition) is 2. The summed E-state index contributed by atoms with van der Waals surface area (Å²) in [5.74, 6) is -1.58. The fraction of sp³-hybridized carbons (Fsp3) is 0.250. The lowest BCUT2D eigenvalue weighted by Gasteiger charge is -2.26. The van der Waals surface area contributed by atoms with Gasteiger partial charge in [0.2, 0.25) is 0 Å². The Bertz CT molecular complexity index is 938. The Hall–Kier alpha value is -2.56. The summed E-state index contributed by atoms with van der Waals surface area (Å²) < 4.78 is 47.3. The van der Waals surface area contributed by atoms with Crippen molar-refractivity contribution in [2.24, 2.45) is 0 Å². The molecule has 1 aromatic heterocycles. The first kappa shape index (κ1) is 17.3. The molecule has 130 valence electrons. The average Bonchev–Trinajstić information content (AvgIpc) is 2.58. The monoisotopic (exact) mass is 345 g/mol. The molecular weight excluding hydrogens is 327 g/mol. The fourth-order valence-corrected chi connectivity index (χ4v) is 2.73. The highest BCUT2D eigenvalue weighted by atomic mass is 19.2. The van der Waals surface area contributed by atoms with E-state index in [1.165, 1.54) is 18.3 Å². The van der Waals surface area contributed by atoms with Crippen LogP contribution < -0.4 is 4.74 Å². The van der Waals surface area contributed by atoms with Gasteiger partial charge in [0.1, 0.15) is 22.8 Å². The van der Waals surface area contributed by atoms with Gasteiger partial charge in [-0.2, -0.15) is 0 Å². The van der Waals surface area contributed by atoms with E-state index in [2.05, 4.69) is 4.98 Å². The van der Waals surface area contributed by atoms with Gasteiger partial charge in [-0.15, -0.1) is 0 Å². The summed E-state index contributed by atoms with van der Waals surface area (Å²) in [7, 11) is 0. The maximum atomic E-state index is 14.4. The molecule has 5 heteroatoms. The van der Waals surface area contributed by atoms with Gasteiger partial charge < -0.3 is 4.74 Å². The van der Waals surface area contributed by atoms with Crippen LogP contribution in [0.5, 0.6) is 11.5 Å². The average molecular weight is 345 g/mol. The van der Waals surface area contributed by atoms with Crippen molar-refractivity contribution < 1.29 is 17.9 Å². The molecule has 0 saturated heterocycles. The molecule has 0 bridgehead atoms. The number of aromatic nitrogens is 1. The summed E-state index contributed by atoms with van der Waals surface area (Å²) in [4.78, 5) is 3.94. The van der Waals surface area contributed by atoms with Crippen molar-refractivity contribution in [1.29, 1.82) is 0 Å². The van der Waals surface area contributed by atoms with Crippen LogP contribution in [-0.2, 0) is 5.41 Å². The Morgan fingerprint density at radius 3 is 2.52 bits per heavy atom. The number of pyridine rings is 1. The predicted molar refractivity (Wildman–Crippen MR) is 91.5 cm³/mol. The van der Waals surface area contributed by atoms with Crippen molar-refractivity contribution in [2.75, 3.05) is 0 Å². The third kappa shape index (κ3) is 3.18. The van der Waals surface area contributed by atoms with E-state index < -0.39 is 17.0 Å². The SMILES string of the molecule is CCC(C)(C)c1c(F)cccc1Oc1cnc2c(F)c(F)ccc2c1. The molecule has 0 spiro atoms. The van der Waals surface area contributed by atoms with Crippen LogP contribution in [0.2, 0.25) is 0 Å². The Labute approximate surface area is 144 Å². The number of rotatable bonds is 4. The standard InChI is InChI=1S/C20H18F3NO/c1-4-20(2,3)17-14(21)6-5-7-16(17)25-13-10-12-8-9-15(22)18(23)19(12)24-11-13/h5-11H,4H2,1-3H3. The van der Waals surface area contributed by atoms with Gasteiger partial charge in [0.25, 0.3) is 0 Å². The summed E-state index contributed by atoms with van der Waals surface area (Å²) >= 11 is 0. The largest absolute Gasteiger partial charge is 0.455 e. The summed E-state index contributed by atoms with van der Waals surface area (Å²) in [6, 6.07) is 8.68. The van der Waals surface area contributed by atoms with Crippen molar-refractivity contribution >= 4 is 10.9 Å². The Morgan fingerprint density at radius 2 is 1.80 bits per heavy atom. The summed E-state index contributed by atoms with van der Waals surface area (Å²) in [6.07, 6.45) is 2.03. The van der Waals surface area contributed by atoms with E-state index >= 15 is 0 Å². The summed E-state index contributed by atoms with van der Waals surface area (Å²) in [5, 5.41) is 0.407. The highest BCUT2D eigenvalue weighted by Gasteiger charge is 2.26. The number of halogens is 3. The zero-order chi connectivity index (χ0) is 18.2. The molecule has 3 aromatic rings. The quantitative estimate of drug-likeness (QED) is 0.567. The number of fused-ring (bicyclic) bond motifs is 1. The number of benzene rings is 2. The van der Waals surface area contributed by atoms with Crippen LogP contribution in [0.3, 0.4) is 0 Å². The highest BCUT2D eigenvalue weighted by Crippen LogP contribution is 2.38. The van der Waals surface area contributed by atoms with Crippen molar-refractivity contribution in [3.8, 4) is 11.5 Å². The smallest absolute Gasteiger partial charge is 0.184 e. The zero-order valence-electron chi connectivity index (χ0n) is 14.2. The van der Waals surface area contributed by atoms with Crippen LogP contribution in [0.4, 0.5) is 13.2 Å². The van der Waals surface area contributed by atoms with Crippen LogP contribution in [0, 0.1) is 17.5 Å². The number of ether oxygens (including phenoxy) is 1. The lowest BCUT2D eigenvalue weighted by Crippen LogP contribution is -2.18. The molecule has 0 aliphatic heterocycles. The minimum atomic E-state index is -0.998. The molecule has 2 nitrogen and oxygen atoms in total. The van der Waals surface area contributed by atoms with E-state index in [1.54, 1.807) is 18.2 Å². The molecule has 0 atom stereocenters. The van der Waals surface area contributed by atoms with Gasteiger partial charge in [0, 0.05) is 10.9 Å². The summed E-state index contributed by atoms with van der Waals surface area (Å²) in [5.41, 5.74) is -0.0104. The highest BCUT2D eigenvalue weighted by molar-refractivity contribution is 5.80. The number of hydrogen-bond donors (Lipinski definition) is 0. The lowest BCUT2D eigenvalue weighted by molar-refractivity contribution is 0.415. The molecule has 0 saturated carbocycles. The Balaban J connectivity index is 2.05. The van der Waals surface area contributed by atoms with Crippen molar-refractivity contribution in [1.82, 2.24) is 4.98 Å². The van der Waals surface area contributed by atoms with Gasteiger partial charge in [0.05, 0.1) is 6.20 Å². The topological polar surface area (TPSA) is 22.1 Å².